The second kappa shape index (κ2) is 10.1. The summed E-state index contributed by atoms with van der Waals surface area (Å²) >= 11 is 0. The first-order chi connectivity index (χ1) is 13.6. The molecule has 5 nitrogen and oxygen atoms in total. The van der Waals surface area contributed by atoms with Crippen LogP contribution in [0.3, 0.4) is 0 Å². The molecule has 1 fully saturated rings. The van der Waals surface area contributed by atoms with Gasteiger partial charge in [0.2, 0.25) is 0 Å². The number of nitrogens with one attached hydrogen (secondary N) is 2. The van der Waals surface area contributed by atoms with Crippen molar-refractivity contribution in [3.05, 3.63) is 60.4 Å². The van der Waals surface area contributed by atoms with Crippen LogP contribution in [0.4, 0.5) is 15.8 Å². The number of hydrogen-bond acceptors (Lipinski definition) is 3. The summed E-state index contributed by atoms with van der Waals surface area (Å²) in [4.78, 5) is 18.0. The molecular weight excluding hydrogens is 355 g/mol. The highest BCUT2D eigenvalue weighted by atomic mass is 19.1. The monoisotopic (exact) mass is 385 g/mol. The Hall–Kier alpha value is -2.60. The van der Waals surface area contributed by atoms with Crippen LogP contribution in [0, 0.1) is 5.82 Å². The summed E-state index contributed by atoms with van der Waals surface area (Å²) in [5, 5.41) is 3.04. The van der Waals surface area contributed by atoms with Gasteiger partial charge >= 0.3 is 0 Å². The molecule has 2 aromatic rings. The average molecular weight is 386 g/mol. The Kier molecular flexibility index (Phi) is 7.25. The quantitative estimate of drug-likeness (QED) is 0.671. The van der Waals surface area contributed by atoms with Crippen molar-refractivity contribution in [3.63, 3.8) is 0 Å². The molecule has 1 saturated heterocycles. The van der Waals surface area contributed by atoms with Gasteiger partial charge in [0, 0.05) is 31.5 Å². The van der Waals surface area contributed by atoms with E-state index in [-0.39, 0.29) is 11.7 Å². The predicted molar refractivity (Wildman–Crippen MR) is 112 cm³/mol. The first kappa shape index (κ1) is 20.1. The predicted octanol–water partition coefficient (Wildman–Crippen LogP) is 1.17. The van der Waals surface area contributed by atoms with E-state index < -0.39 is 0 Å². The molecule has 1 amide bonds. The van der Waals surface area contributed by atoms with Crippen LogP contribution >= 0.6 is 0 Å². The molecule has 0 atom stereocenters. The smallest absolute Gasteiger partial charge is 0.275 e. The van der Waals surface area contributed by atoms with Crippen LogP contribution in [-0.4, -0.2) is 58.8 Å². The minimum Gasteiger partial charge on any atom is -0.375 e. The molecule has 3 rings (SSSR count). The second-order valence-corrected chi connectivity index (χ2v) is 7.35. The van der Waals surface area contributed by atoms with Gasteiger partial charge in [0.15, 0.2) is 6.54 Å². The molecule has 0 aromatic heterocycles. The van der Waals surface area contributed by atoms with E-state index in [1.165, 1.54) is 22.7 Å². The van der Waals surface area contributed by atoms with Gasteiger partial charge in [0.1, 0.15) is 5.82 Å². The minimum absolute atomic E-state index is 0.118. The van der Waals surface area contributed by atoms with Crippen LogP contribution in [-0.2, 0) is 4.79 Å². The van der Waals surface area contributed by atoms with E-state index in [1.807, 2.05) is 30.3 Å². The third-order valence-corrected chi connectivity index (χ3v) is 5.26. The summed E-state index contributed by atoms with van der Waals surface area (Å²) in [6, 6.07) is 16.9. The number of rotatable bonds is 8. The Bertz CT molecular complexity index is 730. The lowest BCUT2D eigenvalue weighted by Gasteiger charge is -2.33. The van der Waals surface area contributed by atoms with E-state index in [9.17, 15) is 9.18 Å². The van der Waals surface area contributed by atoms with Crippen LogP contribution in [0.2, 0.25) is 0 Å². The molecule has 0 aliphatic carbocycles. The number of carbonyl (C=O) groups is 1. The zero-order valence-corrected chi connectivity index (χ0v) is 16.5. The Morgan fingerprint density at radius 1 is 1.11 bits per heavy atom. The third kappa shape index (κ3) is 5.96. The van der Waals surface area contributed by atoms with E-state index in [0.29, 0.717) is 13.1 Å². The second-order valence-electron chi connectivity index (χ2n) is 7.35. The van der Waals surface area contributed by atoms with E-state index in [1.54, 1.807) is 0 Å². The highest BCUT2D eigenvalue weighted by molar-refractivity contribution is 5.76. The van der Waals surface area contributed by atoms with E-state index in [4.69, 9.17) is 0 Å². The molecule has 0 unspecified atom stereocenters. The fourth-order valence-corrected chi connectivity index (χ4v) is 3.56. The Labute approximate surface area is 166 Å². The van der Waals surface area contributed by atoms with E-state index in [0.717, 1.165) is 44.8 Å². The first-order valence-electron chi connectivity index (χ1n) is 9.99. The van der Waals surface area contributed by atoms with Gasteiger partial charge < -0.3 is 20.0 Å². The van der Waals surface area contributed by atoms with Gasteiger partial charge in [0.05, 0.1) is 26.2 Å². The number of nitrogens with zero attached hydrogens (tertiary/aromatic N) is 2. The van der Waals surface area contributed by atoms with Gasteiger partial charge in [-0.2, -0.15) is 0 Å². The normalized spacial score (nSPS) is 14.7. The summed E-state index contributed by atoms with van der Waals surface area (Å²) in [5.74, 6) is -0.0905. The van der Waals surface area contributed by atoms with Crippen LogP contribution in [0.1, 0.15) is 6.42 Å². The van der Waals surface area contributed by atoms with Gasteiger partial charge in [-0.3, -0.25) is 4.79 Å². The molecule has 0 saturated carbocycles. The zero-order chi connectivity index (χ0) is 19.8. The fourth-order valence-electron chi connectivity index (χ4n) is 3.56. The molecule has 1 aliphatic heterocycles. The fraction of sp³-hybridized carbons (Fsp3) is 0.409. The molecule has 2 aromatic carbocycles. The topological polar surface area (TPSA) is 40.0 Å². The molecule has 2 N–H and O–H groups in total. The van der Waals surface area contributed by atoms with Crippen molar-refractivity contribution >= 4 is 17.3 Å². The summed E-state index contributed by atoms with van der Waals surface area (Å²) in [5.41, 5.74) is 2.24. The van der Waals surface area contributed by atoms with Crippen molar-refractivity contribution < 1.29 is 14.1 Å². The highest BCUT2D eigenvalue weighted by Gasteiger charge is 2.22. The number of halogens is 1. The summed E-state index contributed by atoms with van der Waals surface area (Å²) in [6.45, 7) is 5.74. The van der Waals surface area contributed by atoms with E-state index in [2.05, 4.69) is 34.3 Å². The maximum atomic E-state index is 13.0. The largest absolute Gasteiger partial charge is 0.375 e. The third-order valence-electron chi connectivity index (χ3n) is 5.26. The lowest BCUT2D eigenvalue weighted by molar-refractivity contribution is -0.892. The van der Waals surface area contributed by atoms with Gasteiger partial charge in [0.25, 0.3) is 5.91 Å². The molecule has 1 heterocycles. The molecule has 0 radical (unpaired) electrons. The van der Waals surface area contributed by atoms with Gasteiger partial charge in [-0.1, -0.05) is 18.2 Å². The SMILES string of the molecule is CN(CCCNC(=O)C[NH+]1CCN(c2ccc(F)cc2)CC1)c1ccccc1. The van der Waals surface area contributed by atoms with Gasteiger partial charge in [-0.05, 0) is 42.8 Å². The minimum atomic E-state index is -0.209. The molecule has 0 spiro atoms. The van der Waals surface area contributed by atoms with Crippen LogP contribution in [0.15, 0.2) is 54.6 Å². The van der Waals surface area contributed by atoms with Crippen molar-refractivity contribution in [2.75, 3.05) is 62.7 Å². The number of quaternary nitrogens is 1. The lowest BCUT2D eigenvalue weighted by Crippen LogP contribution is -3.15. The van der Waals surface area contributed by atoms with Crippen molar-refractivity contribution in [2.45, 2.75) is 6.42 Å². The number of hydrogen-bond donors (Lipinski definition) is 2. The number of benzene rings is 2. The number of para-hydroxylation sites is 1. The van der Waals surface area contributed by atoms with Crippen molar-refractivity contribution in [1.29, 1.82) is 0 Å². The van der Waals surface area contributed by atoms with E-state index >= 15 is 0 Å². The number of anilines is 2. The molecule has 0 bridgehead atoms. The first-order valence-corrected chi connectivity index (χ1v) is 9.99. The van der Waals surface area contributed by atoms with Gasteiger partial charge in [-0.15, -0.1) is 0 Å². The molecule has 28 heavy (non-hydrogen) atoms. The van der Waals surface area contributed by atoms with Crippen LogP contribution < -0.4 is 20.0 Å². The summed E-state index contributed by atoms with van der Waals surface area (Å²) < 4.78 is 13.0. The molecule has 6 heteroatoms. The van der Waals surface area contributed by atoms with Crippen molar-refractivity contribution in [1.82, 2.24) is 5.32 Å². The molecule has 150 valence electrons. The maximum absolute atomic E-state index is 13.0. The molecule has 1 aliphatic rings. The number of carbonyl (C=O) groups excluding carboxylic acids is 1. The number of piperazine rings is 1. The Morgan fingerprint density at radius 3 is 2.46 bits per heavy atom. The Balaban J connectivity index is 1.31. The Morgan fingerprint density at radius 2 is 1.79 bits per heavy atom. The number of amides is 1. The standard InChI is InChI=1S/C22H29FN4O/c1-25(20-6-3-2-4-7-20)13-5-12-24-22(28)18-26-14-16-27(17-15-26)21-10-8-19(23)9-11-21/h2-4,6-11H,5,12-18H2,1H3,(H,24,28)/p+1. The van der Waals surface area contributed by atoms with Crippen LogP contribution in [0.5, 0.6) is 0 Å². The van der Waals surface area contributed by atoms with Crippen molar-refractivity contribution in [2.24, 2.45) is 0 Å². The summed E-state index contributed by atoms with van der Waals surface area (Å²) in [6.07, 6.45) is 0.921. The maximum Gasteiger partial charge on any atom is 0.275 e. The zero-order valence-electron chi connectivity index (χ0n) is 16.5. The van der Waals surface area contributed by atoms with Gasteiger partial charge in [-0.25, -0.2) is 4.39 Å². The molecular formula is C22H30FN4O+. The lowest BCUT2D eigenvalue weighted by atomic mass is 10.2. The summed E-state index contributed by atoms with van der Waals surface area (Å²) in [7, 11) is 2.07. The average Bonchev–Trinajstić information content (AvgIpc) is 2.73. The van der Waals surface area contributed by atoms with Crippen LogP contribution in [0.25, 0.3) is 0 Å². The highest BCUT2D eigenvalue weighted by Crippen LogP contribution is 2.14. The van der Waals surface area contributed by atoms with Crippen molar-refractivity contribution in [3.8, 4) is 0 Å².